The zero-order chi connectivity index (χ0) is 17.2. The van der Waals surface area contributed by atoms with Crippen molar-refractivity contribution in [2.24, 2.45) is 5.73 Å². The number of amides is 2. The number of allylic oxidation sites excluding steroid dienone is 3. The summed E-state index contributed by atoms with van der Waals surface area (Å²) >= 11 is 1.43. The van der Waals surface area contributed by atoms with Crippen LogP contribution in [0.2, 0.25) is 0 Å². The molecule has 0 aromatic rings. The van der Waals surface area contributed by atoms with Crippen LogP contribution in [0.5, 0.6) is 0 Å². The minimum atomic E-state index is -0.545. The SMILES string of the molecule is C=C/C=C(\C)SCC(=O)NCC(N)CNC(=O)OC(C)(C)C. The zero-order valence-corrected chi connectivity index (χ0v) is 14.6. The molecule has 0 rings (SSSR count). The summed E-state index contributed by atoms with van der Waals surface area (Å²) in [6.07, 6.45) is 3.00. The first-order chi connectivity index (χ1) is 10.1. The largest absolute Gasteiger partial charge is 0.444 e. The summed E-state index contributed by atoms with van der Waals surface area (Å²) in [7, 11) is 0. The third-order valence-corrected chi connectivity index (χ3v) is 3.25. The fourth-order valence-corrected chi connectivity index (χ4v) is 1.94. The third-order valence-electron chi connectivity index (χ3n) is 2.25. The topological polar surface area (TPSA) is 93.5 Å². The number of nitrogens with one attached hydrogen (secondary N) is 2. The lowest BCUT2D eigenvalue weighted by molar-refractivity contribution is -0.118. The summed E-state index contributed by atoms with van der Waals surface area (Å²) in [5.41, 5.74) is 5.28. The lowest BCUT2D eigenvalue weighted by Crippen LogP contribution is -2.46. The number of alkyl carbamates (subject to hydrolysis) is 1. The third kappa shape index (κ3) is 12.3. The highest BCUT2D eigenvalue weighted by atomic mass is 32.2. The maximum Gasteiger partial charge on any atom is 0.407 e. The Hall–Kier alpha value is -1.47. The smallest absolute Gasteiger partial charge is 0.407 e. The van der Waals surface area contributed by atoms with Gasteiger partial charge in [-0.2, -0.15) is 0 Å². The maximum absolute atomic E-state index is 11.6. The molecular weight excluding hydrogens is 302 g/mol. The maximum atomic E-state index is 11.6. The van der Waals surface area contributed by atoms with Crippen molar-refractivity contribution in [3.63, 3.8) is 0 Å². The molecule has 22 heavy (non-hydrogen) atoms. The van der Waals surface area contributed by atoms with Gasteiger partial charge in [0.25, 0.3) is 0 Å². The molecule has 0 saturated carbocycles. The summed E-state index contributed by atoms with van der Waals surface area (Å²) in [6.45, 7) is 11.4. The Bertz CT molecular complexity index is 417. The first kappa shape index (κ1) is 20.5. The molecule has 1 unspecified atom stereocenters. The standard InChI is InChI=1S/C15H27N3O3S/c1-6-7-11(2)22-10-13(19)17-8-12(16)9-18-14(20)21-15(3,4)5/h6-7,12H,1,8-10,16H2,2-5H3,(H,17,19)(H,18,20)/b11-7+. The summed E-state index contributed by atoms with van der Waals surface area (Å²) in [4.78, 5) is 24.1. The molecule has 0 aromatic heterocycles. The van der Waals surface area contributed by atoms with Crippen LogP contribution >= 0.6 is 11.8 Å². The van der Waals surface area contributed by atoms with Gasteiger partial charge < -0.3 is 21.1 Å². The summed E-state index contributed by atoms with van der Waals surface area (Å²) < 4.78 is 5.09. The number of thioether (sulfide) groups is 1. The van der Waals surface area contributed by atoms with Crippen LogP contribution in [-0.4, -0.2) is 42.5 Å². The van der Waals surface area contributed by atoms with E-state index in [0.717, 1.165) is 4.91 Å². The second kappa shape index (κ2) is 10.3. The molecule has 0 aliphatic heterocycles. The van der Waals surface area contributed by atoms with Crippen molar-refractivity contribution in [3.05, 3.63) is 23.6 Å². The number of carbonyl (C=O) groups excluding carboxylic acids is 2. The van der Waals surface area contributed by atoms with E-state index in [9.17, 15) is 9.59 Å². The van der Waals surface area contributed by atoms with E-state index in [4.69, 9.17) is 10.5 Å². The van der Waals surface area contributed by atoms with Crippen LogP contribution in [0.1, 0.15) is 27.7 Å². The Labute approximate surface area is 136 Å². The van der Waals surface area contributed by atoms with Crippen LogP contribution in [0.15, 0.2) is 23.6 Å². The van der Waals surface area contributed by atoms with Crippen LogP contribution in [0, 0.1) is 0 Å². The van der Waals surface area contributed by atoms with E-state index in [1.54, 1.807) is 26.8 Å². The number of hydrogen-bond donors (Lipinski definition) is 3. The predicted octanol–water partition coefficient (Wildman–Crippen LogP) is 1.78. The second-order valence-corrected chi connectivity index (χ2v) is 6.97. The zero-order valence-electron chi connectivity index (χ0n) is 13.8. The van der Waals surface area contributed by atoms with Gasteiger partial charge in [0.2, 0.25) is 5.91 Å². The number of ether oxygens (including phenoxy) is 1. The van der Waals surface area contributed by atoms with Crippen LogP contribution in [-0.2, 0) is 9.53 Å². The molecule has 0 radical (unpaired) electrons. The van der Waals surface area contributed by atoms with Crippen molar-refractivity contribution in [2.45, 2.75) is 39.3 Å². The molecule has 0 fully saturated rings. The highest BCUT2D eigenvalue weighted by Crippen LogP contribution is 2.13. The van der Waals surface area contributed by atoms with Gasteiger partial charge in [0.1, 0.15) is 5.60 Å². The molecule has 1 atom stereocenters. The van der Waals surface area contributed by atoms with Crippen LogP contribution < -0.4 is 16.4 Å². The van der Waals surface area contributed by atoms with Crippen molar-refractivity contribution in [3.8, 4) is 0 Å². The number of rotatable bonds is 8. The fourth-order valence-electron chi connectivity index (χ4n) is 1.29. The highest BCUT2D eigenvalue weighted by molar-refractivity contribution is 8.03. The van der Waals surface area contributed by atoms with Gasteiger partial charge in [-0.15, -0.1) is 11.8 Å². The van der Waals surface area contributed by atoms with Crippen LogP contribution in [0.3, 0.4) is 0 Å². The van der Waals surface area contributed by atoms with Crippen molar-refractivity contribution in [1.82, 2.24) is 10.6 Å². The van der Waals surface area contributed by atoms with Crippen molar-refractivity contribution in [1.29, 1.82) is 0 Å². The van der Waals surface area contributed by atoms with E-state index in [1.165, 1.54) is 11.8 Å². The van der Waals surface area contributed by atoms with E-state index < -0.39 is 11.7 Å². The molecule has 0 spiro atoms. The van der Waals surface area contributed by atoms with Gasteiger partial charge in [0.15, 0.2) is 0 Å². The molecular formula is C15H27N3O3S. The van der Waals surface area contributed by atoms with E-state index >= 15 is 0 Å². The van der Waals surface area contributed by atoms with Crippen LogP contribution in [0.25, 0.3) is 0 Å². The Morgan fingerprint density at radius 2 is 1.91 bits per heavy atom. The Morgan fingerprint density at radius 3 is 2.45 bits per heavy atom. The molecule has 0 bridgehead atoms. The normalized spacial score (nSPS) is 13.2. The molecule has 126 valence electrons. The van der Waals surface area contributed by atoms with E-state index in [2.05, 4.69) is 17.2 Å². The Morgan fingerprint density at radius 1 is 1.32 bits per heavy atom. The number of nitrogens with two attached hydrogens (primary N) is 1. The first-order valence-electron chi connectivity index (χ1n) is 7.05. The minimum absolute atomic E-state index is 0.102. The van der Waals surface area contributed by atoms with Gasteiger partial charge in [-0.1, -0.05) is 18.7 Å². The van der Waals surface area contributed by atoms with Gasteiger partial charge in [0.05, 0.1) is 5.75 Å². The number of carbonyl (C=O) groups is 2. The molecule has 0 aromatic carbocycles. The summed E-state index contributed by atoms with van der Waals surface area (Å²) in [5, 5.41) is 5.29. The average Bonchev–Trinajstić information content (AvgIpc) is 2.39. The van der Waals surface area contributed by atoms with Gasteiger partial charge in [-0.25, -0.2) is 4.79 Å². The molecule has 0 aliphatic rings. The summed E-state index contributed by atoms with van der Waals surface area (Å²) in [6, 6.07) is -0.369. The molecule has 0 heterocycles. The first-order valence-corrected chi connectivity index (χ1v) is 8.04. The van der Waals surface area contributed by atoms with Crippen molar-refractivity contribution >= 4 is 23.8 Å². The van der Waals surface area contributed by atoms with Gasteiger partial charge in [0, 0.05) is 19.1 Å². The molecule has 7 heteroatoms. The van der Waals surface area contributed by atoms with Crippen LogP contribution in [0.4, 0.5) is 4.79 Å². The highest BCUT2D eigenvalue weighted by Gasteiger charge is 2.16. The van der Waals surface area contributed by atoms with E-state index in [0.29, 0.717) is 12.3 Å². The van der Waals surface area contributed by atoms with Gasteiger partial charge in [-0.05, 0) is 32.6 Å². The number of hydrogen-bond acceptors (Lipinski definition) is 5. The second-order valence-electron chi connectivity index (χ2n) is 5.75. The molecule has 0 aliphatic carbocycles. The molecule has 0 saturated heterocycles. The average molecular weight is 329 g/mol. The van der Waals surface area contributed by atoms with Crippen molar-refractivity contribution in [2.75, 3.05) is 18.8 Å². The molecule has 6 nitrogen and oxygen atoms in total. The summed E-state index contributed by atoms with van der Waals surface area (Å²) in [5.74, 6) is 0.220. The predicted molar refractivity (Wildman–Crippen MR) is 91.6 cm³/mol. The molecule has 2 amide bonds. The lowest BCUT2D eigenvalue weighted by Gasteiger charge is -2.20. The monoisotopic (exact) mass is 329 g/mol. The van der Waals surface area contributed by atoms with Gasteiger partial charge >= 0.3 is 6.09 Å². The van der Waals surface area contributed by atoms with E-state index in [1.807, 2.05) is 13.0 Å². The van der Waals surface area contributed by atoms with E-state index in [-0.39, 0.29) is 18.5 Å². The molecule has 4 N–H and O–H groups in total. The Balaban J connectivity index is 3.87. The fraction of sp³-hybridized carbons (Fsp3) is 0.600. The van der Waals surface area contributed by atoms with Gasteiger partial charge in [-0.3, -0.25) is 4.79 Å². The quantitative estimate of drug-likeness (QED) is 0.590. The lowest BCUT2D eigenvalue weighted by atomic mass is 10.2. The Kier molecular flexibility index (Phi) is 9.60. The van der Waals surface area contributed by atoms with Crippen molar-refractivity contribution < 1.29 is 14.3 Å². The minimum Gasteiger partial charge on any atom is -0.444 e.